The Kier molecular flexibility index (Phi) is 3.80. The number of hydrogen-bond acceptors (Lipinski definition) is 5. The van der Waals surface area contributed by atoms with Crippen molar-refractivity contribution < 1.29 is 13.2 Å². The number of nitrogens with zero attached hydrogens (tertiary/aromatic N) is 2. The maximum absolute atomic E-state index is 12.8. The summed E-state index contributed by atoms with van der Waals surface area (Å²) >= 11 is 0. The SMILES string of the molecule is CNc1ncccc1S(=O)(=O)N1CCOCC1(C)C. The minimum atomic E-state index is -3.58. The summed E-state index contributed by atoms with van der Waals surface area (Å²) < 4.78 is 32.4. The number of morpholine rings is 1. The number of aromatic nitrogens is 1. The Morgan fingerprint density at radius 3 is 2.84 bits per heavy atom. The summed E-state index contributed by atoms with van der Waals surface area (Å²) in [5, 5.41) is 2.82. The average Bonchev–Trinajstić information content (AvgIpc) is 2.37. The fourth-order valence-corrected chi connectivity index (χ4v) is 4.10. The summed E-state index contributed by atoms with van der Waals surface area (Å²) in [4.78, 5) is 4.26. The number of rotatable bonds is 3. The molecule has 1 aliphatic rings. The number of ether oxygens (including phenoxy) is 1. The van der Waals surface area contributed by atoms with Gasteiger partial charge in [0.25, 0.3) is 0 Å². The molecule has 7 heteroatoms. The summed E-state index contributed by atoms with van der Waals surface area (Å²) in [5.41, 5.74) is -0.558. The Morgan fingerprint density at radius 1 is 1.47 bits per heavy atom. The number of sulfonamides is 1. The summed E-state index contributed by atoms with van der Waals surface area (Å²) in [6, 6.07) is 3.20. The molecule has 0 amide bonds. The third-order valence-electron chi connectivity index (χ3n) is 3.14. The van der Waals surface area contributed by atoms with Crippen LogP contribution >= 0.6 is 0 Å². The first-order valence-corrected chi connectivity index (χ1v) is 7.57. The first-order chi connectivity index (χ1) is 8.89. The van der Waals surface area contributed by atoms with E-state index < -0.39 is 15.6 Å². The summed E-state index contributed by atoms with van der Waals surface area (Å²) in [5.74, 6) is 0.366. The lowest BCUT2D eigenvalue weighted by atomic mass is 10.1. The molecular formula is C12H19N3O3S. The lowest BCUT2D eigenvalue weighted by Gasteiger charge is -2.40. The Morgan fingerprint density at radius 2 is 2.21 bits per heavy atom. The topological polar surface area (TPSA) is 71.5 Å². The van der Waals surface area contributed by atoms with Crippen LogP contribution in [0.25, 0.3) is 0 Å². The van der Waals surface area contributed by atoms with Gasteiger partial charge in [0, 0.05) is 19.8 Å². The second kappa shape index (κ2) is 5.07. The van der Waals surface area contributed by atoms with Gasteiger partial charge in [-0.25, -0.2) is 13.4 Å². The average molecular weight is 285 g/mol. The molecular weight excluding hydrogens is 266 g/mol. The van der Waals surface area contributed by atoms with Crippen molar-refractivity contribution in [2.45, 2.75) is 24.3 Å². The molecule has 0 unspecified atom stereocenters. The molecule has 0 spiro atoms. The molecule has 6 nitrogen and oxygen atoms in total. The Hall–Kier alpha value is -1.18. The van der Waals surface area contributed by atoms with Crippen LogP contribution in [-0.4, -0.2) is 50.1 Å². The predicted octanol–water partition coefficient (Wildman–Crippen LogP) is 0.923. The Bertz CT molecular complexity index is 557. The first-order valence-electron chi connectivity index (χ1n) is 6.13. The third kappa shape index (κ3) is 2.58. The zero-order valence-electron chi connectivity index (χ0n) is 11.4. The standard InChI is InChI=1S/C12H19N3O3S/c1-12(2)9-18-8-7-15(12)19(16,17)10-5-4-6-14-11(10)13-3/h4-6H,7-9H2,1-3H3,(H,13,14). The lowest BCUT2D eigenvalue weighted by molar-refractivity contribution is -0.00769. The van der Waals surface area contributed by atoms with Crippen LogP contribution in [-0.2, 0) is 14.8 Å². The maximum atomic E-state index is 12.8. The highest BCUT2D eigenvalue weighted by atomic mass is 32.2. The normalized spacial score (nSPS) is 20.2. The van der Waals surface area contributed by atoms with Gasteiger partial charge in [0.15, 0.2) is 0 Å². The molecule has 1 fully saturated rings. The van der Waals surface area contributed by atoms with Crippen LogP contribution in [0, 0.1) is 0 Å². The minimum Gasteiger partial charge on any atom is -0.378 e. The van der Waals surface area contributed by atoms with Crippen LogP contribution < -0.4 is 5.32 Å². The van der Waals surface area contributed by atoms with E-state index in [9.17, 15) is 8.42 Å². The van der Waals surface area contributed by atoms with Crippen LogP contribution in [0.3, 0.4) is 0 Å². The van der Waals surface area contributed by atoms with E-state index in [1.807, 2.05) is 13.8 Å². The quantitative estimate of drug-likeness (QED) is 0.894. The highest BCUT2D eigenvalue weighted by Gasteiger charge is 2.40. The molecule has 1 N–H and O–H groups in total. The molecule has 0 radical (unpaired) electrons. The van der Waals surface area contributed by atoms with Crippen LogP contribution in [0.15, 0.2) is 23.2 Å². The monoisotopic (exact) mass is 285 g/mol. The van der Waals surface area contributed by atoms with E-state index in [-0.39, 0.29) is 4.90 Å². The third-order valence-corrected chi connectivity index (χ3v) is 5.29. The van der Waals surface area contributed by atoms with E-state index in [1.165, 1.54) is 4.31 Å². The van der Waals surface area contributed by atoms with Gasteiger partial charge in [-0.3, -0.25) is 0 Å². The molecule has 0 bridgehead atoms. The van der Waals surface area contributed by atoms with E-state index in [4.69, 9.17) is 4.74 Å². The molecule has 2 heterocycles. The molecule has 1 aromatic rings. The zero-order chi connectivity index (χ0) is 14.1. The van der Waals surface area contributed by atoms with Crippen molar-refractivity contribution >= 4 is 15.8 Å². The van der Waals surface area contributed by atoms with E-state index in [1.54, 1.807) is 25.4 Å². The Balaban J connectivity index is 2.47. The van der Waals surface area contributed by atoms with Crippen LogP contribution in [0.2, 0.25) is 0 Å². The van der Waals surface area contributed by atoms with Gasteiger partial charge >= 0.3 is 0 Å². The fraction of sp³-hybridized carbons (Fsp3) is 0.583. The molecule has 0 aromatic carbocycles. The molecule has 1 saturated heterocycles. The van der Waals surface area contributed by atoms with Gasteiger partial charge in [0.2, 0.25) is 10.0 Å². The van der Waals surface area contributed by atoms with Crippen LogP contribution in [0.1, 0.15) is 13.8 Å². The van der Waals surface area contributed by atoms with E-state index in [2.05, 4.69) is 10.3 Å². The maximum Gasteiger partial charge on any atom is 0.247 e. The van der Waals surface area contributed by atoms with Gasteiger partial charge < -0.3 is 10.1 Å². The van der Waals surface area contributed by atoms with Gasteiger partial charge in [0.05, 0.1) is 18.8 Å². The number of pyridine rings is 1. The van der Waals surface area contributed by atoms with E-state index in [0.717, 1.165) is 0 Å². The number of hydrogen-bond donors (Lipinski definition) is 1. The Labute approximate surface area is 113 Å². The van der Waals surface area contributed by atoms with Gasteiger partial charge in [-0.2, -0.15) is 4.31 Å². The summed E-state index contributed by atoms with van der Waals surface area (Å²) in [6.07, 6.45) is 1.56. The van der Waals surface area contributed by atoms with Crippen molar-refractivity contribution in [3.8, 4) is 0 Å². The van der Waals surface area contributed by atoms with Gasteiger partial charge in [-0.05, 0) is 26.0 Å². The smallest absolute Gasteiger partial charge is 0.247 e. The van der Waals surface area contributed by atoms with E-state index >= 15 is 0 Å². The zero-order valence-corrected chi connectivity index (χ0v) is 12.2. The van der Waals surface area contributed by atoms with Crippen molar-refractivity contribution in [3.05, 3.63) is 18.3 Å². The molecule has 0 atom stereocenters. The fourth-order valence-electron chi connectivity index (χ4n) is 2.19. The highest BCUT2D eigenvalue weighted by molar-refractivity contribution is 7.89. The van der Waals surface area contributed by atoms with Crippen molar-refractivity contribution in [2.24, 2.45) is 0 Å². The molecule has 0 aliphatic carbocycles. The van der Waals surface area contributed by atoms with Gasteiger partial charge in [-0.15, -0.1) is 0 Å². The van der Waals surface area contributed by atoms with Crippen molar-refractivity contribution in [1.82, 2.24) is 9.29 Å². The first kappa shape index (κ1) is 14.2. The number of nitrogens with one attached hydrogen (secondary N) is 1. The molecule has 106 valence electrons. The van der Waals surface area contributed by atoms with Gasteiger partial charge in [-0.1, -0.05) is 0 Å². The van der Waals surface area contributed by atoms with Crippen molar-refractivity contribution in [1.29, 1.82) is 0 Å². The van der Waals surface area contributed by atoms with Crippen LogP contribution in [0.5, 0.6) is 0 Å². The summed E-state index contributed by atoms with van der Waals surface area (Å²) in [7, 11) is -1.93. The second-order valence-electron chi connectivity index (χ2n) is 5.04. The molecule has 19 heavy (non-hydrogen) atoms. The molecule has 2 rings (SSSR count). The molecule has 0 saturated carbocycles. The predicted molar refractivity (Wildman–Crippen MR) is 72.6 cm³/mol. The molecule has 1 aromatic heterocycles. The van der Waals surface area contributed by atoms with Gasteiger partial charge in [0.1, 0.15) is 10.7 Å². The van der Waals surface area contributed by atoms with Crippen molar-refractivity contribution in [3.63, 3.8) is 0 Å². The molecule has 1 aliphatic heterocycles. The van der Waals surface area contributed by atoms with Crippen LogP contribution in [0.4, 0.5) is 5.82 Å². The number of anilines is 1. The largest absolute Gasteiger partial charge is 0.378 e. The minimum absolute atomic E-state index is 0.201. The van der Waals surface area contributed by atoms with E-state index in [0.29, 0.717) is 25.6 Å². The summed E-state index contributed by atoms with van der Waals surface area (Å²) in [6.45, 7) is 4.88. The lowest BCUT2D eigenvalue weighted by Crippen LogP contribution is -2.55. The van der Waals surface area contributed by atoms with Crippen molar-refractivity contribution in [2.75, 3.05) is 32.1 Å². The second-order valence-corrected chi connectivity index (χ2v) is 6.87. The highest BCUT2D eigenvalue weighted by Crippen LogP contribution is 2.29.